The molecule has 1 heterocycles. The first kappa shape index (κ1) is 11.2. The third kappa shape index (κ3) is 2.28. The molecule has 1 aromatic rings. The van der Waals surface area contributed by atoms with Gasteiger partial charge >= 0.3 is 0 Å². The highest BCUT2D eigenvalue weighted by Gasteiger charge is 2.28. The second-order valence-corrected chi connectivity index (χ2v) is 4.88. The maximum atomic E-state index is 5.98. The Labute approximate surface area is 100.0 Å². The molecule has 0 radical (unpaired) electrons. The van der Waals surface area contributed by atoms with Gasteiger partial charge in [-0.15, -0.1) is 0 Å². The Morgan fingerprint density at radius 1 is 1.33 bits per heavy atom. The normalized spacial score (nSPS) is 20.0. The van der Waals surface area contributed by atoms with Gasteiger partial charge in [-0.25, -0.2) is 0 Å². The smallest absolute Gasteiger partial charge is 0.0595 e. The van der Waals surface area contributed by atoms with Crippen LogP contribution in [-0.2, 0) is 0 Å². The van der Waals surface area contributed by atoms with Gasteiger partial charge in [0, 0.05) is 25.2 Å². The molecular weight excluding hydrogens is 231 g/mol. The van der Waals surface area contributed by atoms with Gasteiger partial charge in [-0.2, -0.15) is 0 Å². The molecule has 4 heteroatoms. The highest BCUT2D eigenvalue weighted by Crippen LogP contribution is 2.29. The minimum atomic E-state index is 0.329. The highest BCUT2D eigenvalue weighted by atomic mass is 35.5. The zero-order valence-electron chi connectivity index (χ0n) is 8.58. The first-order valence-electron chi connectivity index (χ1n) is 5.02. The van der Waals surface area contributed by atoms with Crippen molar-refractivity contribution < 1.29 is 0 Å². The van der Waals surface area contributed by atoms with Gasteiger partial charge in [-0.3, -0.25) is 4.90 Å². The van der Waals surface area contributed by atoms with Gasteiger partial charge in [0.05, 0.1) is 10.0 Å². The summed E-state index contributed by atoms with van der Waals surface area (Å²) in [6, 6.07) is 6.48. The number of nitrogens with two attached hydrogens (primary N) is 1. The van der Waals surface area contributed by atoms with Crippen molar-refractivity contribution in [3.8, 4) is 0 Å². The van der Waals surface area contributed by atoms with Crippen molar-refractivity contribution >= 4 is 23.2 Å². The third-order valence-electron chi connectivity index (χ3n) is 2.91. The van der Waals surface area contributed by atoms with E-state index < -0.39 is 0 Å². The lowest BCUT2D eigenvalue weighted by molar-refractivity contribution is 0.103. The number of likely N-dealkylation sites (tertiary alicyclic amines) is 1. The number of rotatable bonds is 2. The Balaban J connectivity index is 2.12. The van der Waals surface area contributed by atoms with Gasteiger partial charge in [0.2, 0.25) is 0 Å². The van der Waals surface area contributed by atoms with Gasteiger partial charge in [-0.1, -0.05) is 29.3 Å². The van der Waals surface area contributed by atoms with Crippen molar-refractivity contribution in [2.45, 2.75) is 19.0 Å². The molecule has 2 N–H and O–H groups in total. The van der Waals surface area contributed by atoms with Crippen molar-refractivity contribution in [2.24, 2.45) is 5.73 Å². The van der Waals surface area contributed by atoms with Crippen LogP contribution < -0.4 is 5.73 Å². The van der Waals surface area contributed by atoms with Crippen LogP contribution in [-0.4, -0.2) is 24.0 Å². The molecule has 1 fully saturated rings. The molecule has 82 valence electrons. The summed E-state index contributed by atoms with van der Waals surface area (Å²) in [5.74, 6) is 0. The van der Waals surface area contributed by atoms with E-state index >= 15 is 0 Å². The summed E-state index contributed by atoms with van der Waals surface area (Å²) in [6.07, 6.45) is 0. The molecule has 15 heavy (non-hydrogen) atoms. The van der Waals surface area contributed by atoms with Crippen molar-refractivity contribution in [3.63, 3.8) is 0 Å². The molecule has 1 aliphatic heterocycles. The van der Waals surface area contributed by atoms with E-state index in [1.165, 1.54) is 5.56 Å². The largest absolute Gasteiger partial charge is 0.325 e. The van der Waals surface area contributed by atoms with E-state index in [4.69, 9.17) is 28.9 Å². The van der Waals surface area contributed by atoms with Crippen LogP contribution in [0.2, 0.25) is 10.0 Å². The second kappa shape index (κ2) is 4.30. The van der Waals surface area contributed by atoms with E-state index in [-0.39, 0.29) is 0 Å². The topological polar surface area (TPSA) is 29.3 Å². The van der Waals surface area contributed by atoms with Crippen molar-refractivity contribution in [1.82, 2.24) is 4.90 Å². The number of hydrogen-bond acceptors (Lipinski definition) is 2. The molecule has 1 saturated heterocycles. The lowest BCUT2D eigenvalue weighted by atomic mass is 10.0. The molecule has 0 bridgehead atoms. The number of nitrogens with zero attached hydrogens (tertiary/aromatic N) is 1. The minimum absolute atomic E-state index is 0.329. The Morgan fingerprint density at radius 2 is 2.00 bits per heavy atom. The minimum Gasteiger partial charge on any atom is -0.325 e. The fourth-order valence-corrected chi connectivity index (χ4v) is 2.15. The fourth-order valence-electron chi connectivity index (χ4n) is 1.85. The molecule has 0 saturated carbocycles. The van der Waals surface area contributed by atoms with Crippen molar-refractivity contribution in [1.29, 1.82) is 0 Å². The predicted molar refractivity (Wildman–Crippen MR) is 64.4 cm³/mol. The zero-order chi connectivity index (χ0) is 11.0. The first-order valence-corrected chi connectivity index (χ1v) is 5.78. The molecule has 2 nitrogen and oxygen atoms in total. The average Bonchev–Trinajstić information content (AvgIpc) is 2.16. The zero-order valence-corrected chi connectivity index (χ0v) is 10.1. The monoisotopic (exact) mass is 244 g/mol. The molecular formula is C11H14Cl2N2. The summed E-state index contributed by atoms with van der Waals surface area (Å²) in [5.41, 5.74) is 6.94. The van der Waals surface area contributed by atoms with Gasteiger partial charge in [0.15, 0.2) is 0 Å². The van der Waals surface area contributed by atoms with E-state index in [9.17, 15) is 0 Å². The Bertz CT molecular complexity index is 362. The second-order valence-electron chi connectivity index (χ2n) is 4.06. The van der Waals surface area contributed by atoms with Crippen LogP contribution in [0.4, 0.5) is 0 Å². The van der Waals surface area contributed by atoms with Crippen LogP contribution in [0.1, 0.15) is 18.5 Å². The maximum absolute atomic E-state index is 5.98. The summed E-state index contributed by atoms with van der Waals surface area (Å²) in [5, 5.41) is 1.22. The van der Waals surface area contributed by atoms with E-state index in [1.807, 2.05) is 18.2 Å². The fraction of sp³-hybridized carbons (Fsp3) is 0.455. The summed E-state index contributed by atoms with van der Waals surface area (Å²) in [4.78, 5) is 2.32. The van der Waals surface area contributed by atoms with Crippen LogP contribution in [0.3, 0.4) is 0 Å². The Morgan fingerprint density at radius 3 is 2.53 bits per heavy atom. The van der Waals surface area contributed by atoms with Crippen molar-refractivity contribution in [2.75, 3.05) is 13.1 Å². The van der Waals surface area contributed by atoms with Gasteiger partial charge in [0.1, 0.15) is 0 Å². The molecule has 0 amide bonds. The van der Waals surface area contributed by atoms with Crippen molar-refractivity contribution in [3.05, 3.63) is 33.8 Å². The average molecular weight is 245 g/mol. The third-order valence-corrected chi connectivity index (χ3v) is 3.65. The van der Waals surface area contributed by atoms with Crippen LogP contribution in [0.15, 0.2) is 18.2 Å². The SMILES string of the molecule is CC(c1ccc(Cl)c(Cl)c1)N1CC(N)C1. The molecule has 2 rings (SSSR count). The van der Waals surface area contributed by atoms with E-state index in [0.29, 0.717) is 22.1 Å². The summed E-state index contributed by atoms with van der Waals surface area (Å²) in [6.45, 7) is 4.08. The Hall–Kier alpha value is -0.280. The molecule has 0 spiro atoms. The first-order chi connectivity index (χ1) is 7.08. The van der Waals surface area contributed by atoms with Crippen LogP contribution >= 0.6 is 23.2 Å². The summed E-state index contributed by atoms with van der Waals surface area (Å²) < 4.78 is 0. The number of benzene rings is 1. The predicted octanol–water partition coefficient (Wildman–Crippen LogP) is 2.70. The number of hydrogen-bond donors (Lipinski definition) is 1. The molecule has 0 aromatic heterocycles. The van der Waals surface area contributed by atoms with E-state index in [0.717, 1.165) is 13.1 Å². The van der Waals surface area contributed by atoms with Gasteiger partial charge in [0.25, 0.3) is 0 Å². The van der Waals surface area contributed by atoms with Crippen LogP contribution in [0.25, 0.3) is 0 Å². The van der Waals surface area contributed by atoms with E-state index in [1.54, 1.807) is 0 Å². The summed E-state index contributed by atoms with van der Waals surface area (Å²) in [7, 11) is 0. The number of halogens is 2. The lowest BCUT2D eigenvalue weighted by Crippen LogP contribution is -2.56. The Kier molecular flexibility index (Phi) is 3.21. The molecule has 1 aromatic carbocycles. The van der Waals surface area contributed by atoms with Crippen LogP contribution in [0, 0.1) is 0 Å². The standard InChI is InChI=1S/C11H14Cl2N2/c1-7(15-5-9(14)6-15)8-2-3-10(12)11(13)4-8/h2-4,7,9H,5-6,14H2,1H3. The highest BCUT2D eigenvalue weighted by molar-refractivity contribution is 6.42. The molecule has 1 atom stereocenters. The molecule has 1 unspecified atom stereocenters. The summed E-state index contributed by atoms with van der Waals surface area (Å²) >= 11 is 11.8. The molecule has 1 aliphatic rings. The lowest BCUT2D eigenvalue weighted by Gasteiger charge is -2.41. The van der Waals surface area contributed by atoms with Gasteiger partial charge < -0.3 is 5.73 Å². The quantitative estimate of drug-likeness (QED) is 0.867. The van der Waals surface area contributed by atoms with Gasteiger partial charge in [-0.05, 0) is 24.6 Å². The maximum Gasteiger partial charge on any atom is 0.0595 e. The van der Waals surface area contributed by atoms with Crippen LogP contribution in [0.5, 0.6) is 0 Å². The molecule has 0 aliphatic carbocycles. The van der Waals surface area contributed by atoms with E-state index in [2.05, 4.69) is 11.8 Å².